The molecule has 19 heavy (non-hydrogen) atoms. The quantitative estimate of drug-likeness (QED) is 0.336. The molecule has 0 fully saturated rings. The van der Waals surface area contributed by atoms with Crippen LogP contribution in [-0.4, -0.2) is 6.61 Å². The van der Waals surface area contributed by atoms with Crippen molar-refractivity contribution in [1.29, 1.82) is 0 Å². The molecule has 0 heterocycles. The highest BCUT2D eigenvalue weighted by Crippen LogP contribution is 2.51. The van der Waals surface area contributed by atoms with Crippen molar-refractivity contribution in [1.82, 2.24) is 0 Å². The highest BCUT2D eigenvalue weighted by Gasteiger charge is 2.27. The van der Waals surface area contributed by atoms with Gasteiger partial charge in [-0.05, 0) is 23.9 Å². The molecule has 0 aromatic heterocycles. The van der Waals surface area contributed by atoms with E-state index in [-0.39, 0.29) is 12.0 Å². The zero-order valence-electron chi connectivity index (χ0n) is 11.5. The van der Waals surface area contributed by atoms with Crippen molar-refractivity contribution in [2.45, 2.75) is 33.1 Å². The summed E-state index contributed by atoms with van der Waals surface area (Å²) in [7, 11) is -3.83. The summed E-state index contributed by atoms with van der Waals surface area (Å²) in [6.07, 6.45) is 0. The Morgan fingerprint density at radius 3 is 2.53 bits per heavy atom. The fourth-order valence-electron chi connectivity index (χ4n) is 1.57. The van der Waals surface area contributed by atoms with E-state index < -0.39 is 7.75 Å². The summed E-state index contributed by atoms with van der Waals surface area (Å²) >= 11 is 0. The average Bonchev–Trinajstić information content (AvgIpc) is 2.28. The van der Waals surface area contributed by atoms with Gasteiger partial charge in [-0.3, -0.25) is 4.52 Å². The second kappa shape index (κ2) is 6.11. The lowest BCUT2D eigenvalue weighted by Gasteiger charge is -2.23. The largest absolute Gasteiger partial charge is 0.470 e. The molecule has 1 aromatic rings. The molecular formula is C12H18N3O3P. The van der Waals surface area contributed by atoms with Gasteiger partial charge in [-0.1, -0.05) is 39.0 Å². The number of azide groups is 1. The van der Waals surface area contributed by atoms with E-state index in [2.05, 4.69) is 9.80 Å². The predicted octanol–water partition coefficient (Wildman–Crippen LogP) is 4.82. The van der Waals surface area contributed by atoms with Gasteiger partial charge in [0.15, 0.2) is 0 Å². The zero-order chi connectivity index (χ0) is 14.5. The Kier molecular flexibility index (Phi) is 5.01. The minimum absolute atomic E-state index is 0.133. The summed E-state index contributed by atoms with van der Waals surface area (Å²) in [6.45, 7) is 7.81. The molecule has 0 spiro atoms. The summed E-state index contributed by atoms with van der Waals surface area (Å²) in [4.78, 5) is 5.68. The average molecular weight is 283 g/mol. The van der Waals surface area contributed by atoms with Gasteiger partial charge in [0, 0.05) is 15.4 Å². The van der Waals surface area contributed by atoms with Gasteiger partial charge in [-0.2, -0.15) is 0 Å². The summed E-state index contributed by atoms with van der Waals surface area (Å²) in [5.74, 6) is 0.402. The Hall–Kier alpha value is -1.48. The number of para-hydroxylation sites is 1. The van der Waals surface area contributed by atoms with Crippen LogP contribution in [0.25, 0.3) is 10.4 Å². The Balaban J connectivity index is 3.18. The maximum Gasteiger partial charge on any atom is 0.470 e. The van der Waals surface area contributed by atoms with Crippen molar-refractivity contribution in [3.05, 3.63) is 40.3 Å². The third-order valence-electron chi connectivity index (χ3n) is 2.35. The highest BCUT2D eigenvalue weighted by atomic mass is 31.2. The molecule has 0 saturated heterocycles. The molecule has 0 aliphatic heterocycles. The lowest BCUT2D eigenvalue weighted by Crippen LogP contribution is -2.12. The van der Waals surface area contributed by atoms with Crippen LogP contribution in [-0.2, 0) is 14.5 Å². The fourth-order valence-corrected chi connectivity index (χ4v) is 2.55. The third kappa shape index (κ3) is 4.28. The molecule has 0 aliphatic carbocycles. The van der Waals surface area contributed by atoms with Crippen molar-refractivity contribution in [2.24, 2.45) is 4.88 Å². The lowest BCUT2D eigenvalue weighted by atomic mass is 9.86. The van der Waals surface area contributed by atoms with Gasteiger partial charge in [0.25, 0.3) is 0 Å². The molecule has 104 valence electrons. The van der Waals surface area contributed by atoms with Crippen LogP contribution in [0.2, 0.25) is 0 Å². The van der Waals surface area contributed by atoms with E-state index in [1.807, 2.05) is 32.9 Å². The van der Waals surface area contributed by atoms with E-state index in [0.29, 0.717) is 5.75 Å². The molecule has 0 bridgehead atoms. The lowest BCUT2D eigenvalue weighted by molar-refractivity contribution is 0.278. The minimum atomic E-state index is -3.83. The molecule has 0 saturated carbocycles. The fraction of sp³-hybridized carbons (Fsp3) is 0.500. The number of hydrogen-bond donors (Lipinski definition) is 0. The van der Waals surface area contributed by atoms with Gasteiger partial charge in [0.1, 0.15) is 5.75 Å². The number of benzene rings is 1. The van der Waals surface area contributed by atoms with Crippen LogP contribution < -0.4 is 4.52 Å². The summed E-state index contributed by atoms with van der Waals surface area (Å²) in [5.41, 5.74) is 9.14. The molecule has 6 nitrogen and oxygen atoms in total. The van der Waals surface area contributed by atoms with Crippen LogP contribution in [0.4, 0.5) is 0 Å². The van der Waals surface area contributed by atoms with Gasteiger partial charge < -0.3 is 4.52 Å². The molecule has 0 amide bonds. The number of rotatable bonds is 5. The SMILES string of the molecule is CCOP(=O)(N=[N+]=[N-])Oc1ccccc1C(C)(C)C. The van der Waals surface area contributed by atoms with E-state index in [1.165, 1.54) is 0 Å². The standard InChI is InChI=1S/C12H18N3O3P/c1-5-17-19(16,15-14-13)18-11-9-7-6-8-10(11)12(2,3)4/h6-9H,5H2,1-4H3. The van der Waals surface area contributed by atoms with Gasteiger partial charge in [-0.25, -0.2) is 4.57 Å². The van der Waals surface area contributed by atoms with Gasteiger partial charge >= 0.3 is 7.75 Å². The van der Waals surface area contributed by atoms with E-state index in [4.69, 9.17) is 14.6 Å². The molecule has 0 radical (unpaired) electrons. The molecule has 1 rings (SSSR count). The summed E-state index contributed by atoms with van der Waals surface area (Å²) < 4.78 is 22.5. The van der Waals surface area contributed by atoms with Crippen LogP contribution in [0.15, 0.2) is 29.2 Å². The van der Waals surface area contributed by atoms with E-state index in [1.54, 1.807) is 19.1 Å². The Bertz CT molecular complexity index is 533. The summed E-state index contributed by atoms with van der Waals surface area (Å²) in [6, 6.07) is 7.18. The van der Waals surface area contributed by atoms with Crippen LogP contribution in [0.1, 0.15) is 33.3 Å². The van der Waals surface area contributed by atoms with E-state index >= 15 is 0 Å². The van der Waals surface area contributed by atoms with Crippen molar-refractivity contribution < 1.29 is 13.6 Å². The minimum Gasteiger partial charge on any atom is -0.420 e. The first kappa shape index (κ1) is 15.6. The van der Waals surface area contributed by atoms with Gasteiger partial charge in [-0.15, -0.1) is 0 Å². The maximum atomic E-state index is 12.2. The van der Waals surface area contributed by atoms with Gasteiger partial charge in [0.2, 0.25) is 0 Å². The molecule has 1 atom stereocenters. The van der Waals surface area contributed by atoms with Crippen molar-refractivity contribution >= 4 is 7.75 Å². The normalized spacial score (nSPS) is 14.3. The maximum absolute atomic E-state index is 12.2. The van der Waals surface area contributed by atoms with Crippen LogP contribution in [0.3, 0.4) is 0 Å². The first-order valence-corrected chi connectivity index (χ1v) is 7.42. The van der Waals surface area contributed by atoms with Crippen molar-refractivity contribution in [3.8, 4) is 5.75 Å². The highest BCUT2D eigenvalue weighted by molar-refractivity contribution is 7.52. The molecule has 0 aliphatic rings. The third-order valence-corrected chi connectivity index (χ3v) is 3.66. The summed E-state index contributed by atoms with van der Waals surface area (Å²) in [5, 5.41) is 0. The number of nitrogens with zero attached hydrogens (tertiary/aromatic N) is 3. The van der Waals surface area contributed by atoms with Crippen molar-refractivity contribution in [3.63, 3.8) is 0 Å². The van der Waals surface area contributed by atoms with E-state index in [9.17, 15) is 4.57 Å². The molecular weight excluding hydrogens is 265 g/mol. The topological polar surface area (TPSA) is 84.3 Å². The van der Waals surface area contributed by atoms with Gasteiger partial charge in [0.05, 0.1) is 6.61 Å². The second-order valence-electron chi connectivity index (χ2n) is 4.90. The Labute approximate surface area is 113 Å². The second-order valence-corrected chi connectivity index (χ2v) is 6.46. The monoisotopic (exact) mass is 283 g/mol. The number of hydrogen-bond acceptors (Lipinski definition) is 3. The van der Waals surface area contributed by atoms with Crippen LogP contribution in [0.5, 0.6) is 5.75 Å². The smallest absolute Gasteiger partial charge is 0.420 e. The molecule has 1 aromatic carbocycles. The van der Waals surface area contributed by atoms with Crippen LogP contribution >= 0.6 is 7.75 Å². The Morgan fingerprint density at radius 1 is 1.37 bits per heavy atom. The first-order valence-electron chi connectivity index (χ1n) is 5.92. The van der Waals surface area contributed by atoms with Crippen LogP contribution in [0, 0.1) is 0 Å². The van der Waals surface area contributed by atoms with Crippen molar-refractivity contribution in [2.75, 3.05) is 6.61 Å². The molecule has 7 heteroatoms. The molecule has 1 unspecified atom stereocenters. The Morgan fingerprint density at radius 2 is 2.00 bits per heavy atom. The molecule has 0 N–H and O–H groups in total. The first-order chi connectivity index (χ1) is 8.82. The predicted molar refractivity (Wildman–Crippen MR) is 74.1 cm³/mol. The van der Waals surface area contributed by atoms with E-state index in [0.717, 1.165) is 5.56 Å². The zero-order valence-corrected chi connectivity index (χ0v) is 12.4.